The maximum atomic E-state index is 12.7. The van der Waals surface area contributed by atoms with Gasteiger partial charge in [0.15, 0.2) is 0 Å². The molecule has 2 fully saturated rings. The lowest BCUT2D eigenvalue weighted by molar-refractivity contribution is -0.145. The zero-order valence-electron chi connectivity index (χ0n) is 15.3. The predicted molar refractivity (Wildman–Crippen MR) is 100 cm³/mol. The minimum atomic E-state index is -0.948. The van der Waals surface area contributed by atoms with Crippen LogP contribution in [0.15, 0.2) is 18.2 Å². The maximum absolute atomic E-state index is 12.7. The Labute approximate surface area is 162 Å². The second-order valence-corrected chi connectivity index (χ2v) is 7.62. The number of amides is 5. The number of rotatable bonds is 4. The van der Waals surface area contributed by atoms with Gasteiger partial charge in [-0.15, -0.1) is 0 Å². The fourth-order valence-corrected chi connectivity index (χ4v) is 3.87. The minimum absolute atomic E-state index is 0.141. The smallest absolute Gasteiger partial charge is 0.324 e. The van der Waals surface area contributed by atoms with Crippen molar-refractivity contribution in [2.75, 3.05) is 11.9 Å². The third-order valence-electron chi connectivity index (χ3n) is 5.26. The Hall–Kier alpha value is -2.41. The van der Waals surface area contributed by atoms with Crippen molar-refractivity contribution in [2.24, 2.45) is 5.92 Å². The highest BCUT2D eigenvalue weighted by Gasteiger charge is 2.49. The molecule has 1 saturated heterocycles. The van der Waals surface area contributed by atoms with Crippen LogP contribution in [0.3, 0.4) is 0 Å². The molecule has 1 aromatic rings. The van der Waals surface area contributed by atoms with Gasteiger partial charge in [0.2, 0.25) is 5.91 Å². The molecule has 2 atom stereocenters. The second kappa shape index (κ2) is 7.68. The van der Waals surface area contributed by atoms with Gasteiger partial charge in [-0.05, 0) is 43.4 Å². The summed E-state index contributed by atoms with van der Waals surface area (Å²) in [7, 11) is 0. The van der Waals surface area contributed by atoms with Crippen LogP contribution in [-0.2, 0) is 14.4 Å². The van der Waals surface area contributed by atoms with Gasteiger partial charge in [0.25, 0.3) is 0 Å². The Bertz CT molecular complexity index is 810. The number of nitrogens with one attached hydrogen (secondary N) is 1. The average Bonchev–Trinajstić information content (AvgIpc) is 2.82. The number of aryl methyl sites for hydroxylation is 1. The van der Waals surface area contributed by atoms with Crippen LogP contribution < -0.4 is 5.32 Å². The summed E-state index contributed by atoms with van der Waals surface area (Å²) in [6.45, 7) is 3.27. The highest BCUT2D eigenvalue weighted by Crippen LogP contribution is 2.31. The molecule has 7 nitrogen and oxygen atoms in total. The van der Waals surface area contributed by atoms with Gasteiger partial charge in [-0.2, -0.15) is 0 Å². The first-order chi connectivity index (χ1) is 12.8. The lowest BCUT2D eigenvalue weighted by Crippen LogP contribution is -2.46. The number of halogens is 1. The van der Waals surface area contributed by atoms with Crippen molar-refractivity contribution in [1.29, 1.82) is 0 Å². The van der Waals surface area contributed by atoms with Gasteiger partial charge in [0.1, 0.15) is 6.54 Å². The van der Waals surface area contributed by atoms with Gasteiger partial charge >= 0.3 is 17.8 Å². The molecular weight excluding hydrogens is 370 g/mol. The molecule has 1 aliphatic carbocycles. The van der Waals surface area contributed by atoms with Crippen molar-refractivity contribution in [2.45, 2.75) is 45.6 Å². The number of hydrogen-bond donors (Lipinski definition) is 1. The molecule has 27 heavy (non-hydrogen) atoms. The quantitative estimate of drug-likeness (QED) is 0.631. The van der Waals surface area contributed by atoms with Crippen LogP contribution in [0.25, 0.3) is 0 Å². The highest BCUT2D eigenvalue weighted by molar-refractivity contribution is 6.45. The molecule has 8 heteroatoms. The van der Waals surface area contributed by atoms with E-state index in [0.29, 0.717) is 17.1 Å². The van der Waals surface area contributed by atoms with E-state index in [4.69, 9.17) is 11.6 Å². The molecule has 1 N–H and O–H groups in total. The SMILES string of the molecule is Cc1ccc(Cl)cc1NC(=O)CN1C(=O)C(=O)N([C@@H]2CCCC[C@@H]2C)C1=O. The van der Waals surface area contributed by atoms with Crippen molar-refractivity contribution in [1.82, 2.24) is 9.80 Å². The molecule has 144 valence electrons. The number of carbonyl (C=O) groups excluding carboxylic acids is 4. The predicted octanol–water partition coefficient (Wildman–Crippen LogP) is 2.96. The maximum Gasteiger partial charge on any atom is 0.334 e. The van der Waals surface area contributed by atoms with E-state index in [0.717, 1.165) is 34.6 Å². The highest BCUT2D eigenvalue weighted by atomic mass is 35.5. The van der Waals surface area contributed by atoms with E-state index in [1.54, 1.807) is 25.1 Å². The molecule has 1 aromatic carbocycles. The van der Waals surface area contributed by atoms with E-state index in [2.05, 4.69) is 5.32 Å². The summed E-state index contributed by atoms with van der Waals surface area (Å²) < 4.78 is 0. The third-order valence-corrected chi connectivity index (χ3v) is 5.49. The van der Waals surface area contributed by atoms with Crippen molar-refractivity contribution in [3.05, 3.63) is 28.8 Å². The first-order valence-corrected chi connectivity index (χ1v) is 9.42. The Morgan fingerprint density at radius 2 is 1.89 bits per heavy atom. The van der Waals surface area contributed by atoms with E-state index in [-0.39, 0.29) is 12.0 Å². The van der Waals surface area contributed by atoms with E-state index >= 15 is 0 Å². The van der Waals surface area contributed by atoms with Crippen LogP contribution in [-0.4, -0.2) is 46.1 Å². The Kier molecular flexibility index (Phi) is 5.51. The molecule has 1 saturated carbocycles. The Morgan fingerprint density at radius 3 is 2.59 bits per heavy atom. The molecule has 2 aliphatic rings. The van der Waals surface area contributed by atoms with Crippen LogP contribution in [0.4, 0.5) is 10.5 Å². The summed E-state index contributed by atoms with van der Waals surface area (Å²) in [5.74, 6) is -2.21. The molecule has 1 heterocycles. The van der Waals surface area contributed by atoms with Gasteiger partial charge in [-0.25, -0.2) is 9.69 Å². The van der Waals surface area contributed by atoms with Gasteiger partial charge in [0, 0.05) is 16.8 Å². The molecular formula is C19H22ClN3O4. The van der Waals surface area contributed by atoms with Crippen molar-refractivity contribution < 1.29 is 19.2 Å². The van der Waals surface area contributed by atoms with Gasteiger partial charge in [-0.1, -0.05) is 37.4 Å². The van der Waals surface area contributed by atoms with E-state index in [1.807, 2.05) is 6.92 Å². The van der Waals surface area contributed by atoms with Gasteiger partial charge in [-0.3, -0.25) is 19.3 Å². The van der Waals surface area contributed by atoms with Crippen molar-refractivity contribution >= 4 is 41.0 Å². The van der Waals surface area contributed by atoms with E-state index in [1.165, 1.54) is 0 Å². The molecule has 0 bridgehead atoms. The lowest BCUT2D eigenvalue weighted by Gasteiger charge is -2.34. The van der Waals surface area contributed by atoms with Gasteiger partial charge < -0.3 is 5.32 Å². The fourth-order valence-electron chi connectivity index (χ4n) is 3.70. The molecule has 0 aromatic heterocycles. The number of anilines is 1. The summed E-state index contributed by atoms with van der Waals surface area (Å²) in [5, 5.41) is 3.09. The van der Waals surface area contributed by atoms with Crippen LogP contribution in [0.5, 0.6) is 0 Å². The van der Waals surface area contributed by atoms with E-state index in [9.17, 15) is 19.2 Å². The Balaban J connectivity index is 1.72. The van der Waals surface area contributed by atoms with Crippen molar-refractivity contribution in [3.63, 3.8) is 0 Å². The first kappa shape index (κ1) is 19.4. The summed E-state index contributed by atoms with van der Waals surface area (Å²) in [5.41, 5.74) is 1.29. The summed E-state index contributed by atoms with van der Waals surface area (Å²) in [6, 6.07) is 4.04. The number of nitrogens with zero attached hydrogens (tertiary/aromatic N) is 2. The average molecular weight is 392 g/mol. The van der Waals surface area contributed by atoms with E-state index < -0.39 is 30.3 Å². The van der Waals surface area contributed by atoms with Crippen LogP contribution in [0.2, 0.25) is 5.02 Å². The second-order valence-electron chi connectivity index (χ2n) is 7.19. The molecule has 3 rings (SSSR count). The summed E-state index contributed by atoms with van der Waals surface area (Å²) >= 11 is 5.93. The van der Waals surface area contributed by atoms with Gasteiger partial charge in [0.05, 0.1) is 0 Å². The van der Waals surface area contributed by atoms with Crippen LogP contribution >= 0.6 is 11.6 Å². The third kappa shape index (κ3) is 3.83. The topological polar surface area (TPSA) is 86.8 Å². The largest absolute Gasteiger partial charge is 0.334 e. The summed E-state index contributed by atoms with van der Waals surface area (Å²) in [6.07, 6.45) is 3.56. The zero-order chi connectivity index (χ0) is 19.7. The number of hydrogen-bond acceptors (Lipinski definition) is 4. The zero-order valence-corrected chi connectivity index (χ0v) is 16.1. The molecule has 5 amide bonds. The lowest BCUT2D eigenvalue weighted by atomic mass is 9.85. The number of urea groups is 1. The molecule has 0 unspecified atom stereocenters. The molecule has 1 aliphatic heterocycles. The van der Waals surface area contributed by atoms with Crippen molar-refractivity contribution in [3.8, 4) is 0 Å². The fraction of sp³-hybridized carbons (Fsp3) is 0.474. The normalized spacial score (nSPS) is 23.1. The monoisotopic (exact) mass is 391 g/mol. The first-order valence-electron chi connectivity index (χ1n) is 9.04. The number of imide groups is 2. The van der Waals surface area contributed by atoms with Crippen LogP contribution in [0.1, 0.15) is 38.2 Å². The summed E-state index contributed by atoms with van der Waals surface area (Å²) in [4.78, 5) is 51.5. The van der Waals surface area contributed by atoms with Crippen LogP contribution in [0, 0.1) is 12.8 Å². The molecule has 0 spiro atoms. The molecule has 0 radical (unpaired) electrons. The minimum Gasteiger partial charge on any atom is -0.324 e. The number of benzene rings is 1. The number of carbonyl (C=O) groups is 4. The Morgan fingerprint density at radius 1 is 1.19 bits per heavy atom. The standard InChI is InChI=1S/C19H22ClN3O4/c1-11-7-8-13(20)9-14(11)21-16(24)10-22-17(25)18(26)23(19(22)27)15-6-4-3-5-12(15)2/h7-9,12,15H,3-6,10H2,1-2H3,(H,21,24)/t12-,15+/m0/s1.